The average Bonchev–Trinajstić information content (AvgIpc) is 3.15. The second-order valence-corrected chi connectivity index (χ2v) is 7.97. The van der Waals surface area contributed by atoms with Crippen molar-refractivity contribution in [3.63, 3.8) is 0 Å². The summed E-state index contributed by atoms with van der Waals surface area (Å²) in [6, 6.07) is 21.9. The maximum atomic E-state index is 12.4. The number of amides is 3. The summed E-state index contributed by atoms with van der Waals surface area (Å²) in [7, 11) is 0. The van der Waals surface area contributed by atoms with Gasteiger partial charge in [0.2, 0.25) is 5.91 Å². The molecule has 1 aliphatic rings. The Kier molecular flexibility index (Phi) is 6.77. The number of alkyl carbamates (subject to hydrolysis) is 1. The molecule has 0 aliphatic heterocycles. The van der Waals surface area contributed by atoms with Crippen LogP contribution in [0.15, 0.2) is 72.8 Å². The number of carbonyl (C=O) groups excluding carboxylic acids is 3. The molecule has 0 radical (unpaired) electrons. The first kappa shape index (κ1) is 22.8. The van der Waals surface area contributed by atoms with Gasteiger partial charge in [-0.2, -0.15) is 0 Å². The van der Waals surface area contributed by atoms with Gasteiger partial charge in [-0.15, -0.1) is 0 Å². The molecule has 0 saturated heterocycles. The molecule has 1 unspecified atom stereocenters. The first-order chi connectivity index (χ1) is 16.4. The highest BCUT2D eigenvalue weighted by molar-refractivity contribution is 5.85. The molecule has 0 heterocycles. The van der Waals surface area contributed by atoms with Gasteiger partial charge in [0.25, 0.3) is 0 Å². The molecular formula is C26H25N3O5. The van der Waals surface area contributed by atoms with E-state index in [0.717, 1.165) is 27.8 Å². The molecule has 0 spiro atoms. The number of carbonyl (C=O) groups is 3. The monoisotopic (exact) mass is 459 g/mol. The summed E-state index contributed by atoms with van der Waals surface area (Å²) in [6.07, 6.45) is -1.55. The number of hydrogen-bond acceptors (Lipinski definition) is 5. The smallest absolute Gasteiger partial charge is 0.409 e. The van der Waals surface area contributed by atoms with Crippen LogP contribution in [0.3, 0.4) is 0 Å². The van der Waals surface area contributed by atoms with Crippen molar-refractivity contribution < 1.29 is 23.9 Å². The lowest BCUT2D eigenvalue weighted by molar-refractivity contribution is -0.122. The van der Waals surface area contributed by atoms with E-state index in [9.17, 15) is 14.4 Å². The minimum Gasteiger partial charge on any atom is -0.449 e. The predicted molar refractivity (Wildman–Crippen MR) is 126 cm³/mol. The number of benzene rings is 3. The first-order valence-electron chi connectivity index (χ1n) is 10.9. The van der Waals surface area contributed by atoms with Gasteiger partial charge >= 0.3 is 12.2 Å². The molecule has 0 saturated carbocycles. The van der Waals surface area contributed by atoms with Crippen LogP contribution >= 0.6 is 0 Å². The van der Waals surface area contributed by atoms with Crippen molar-refractivity contribution >= 4 is 18.1 Å². The molecule has 34 heavy (non-hydrogen) atoms. The molecule has 8 nitrogen and oxygen atoms in total. The largest absolute Gasteiger partial charge is 0.449 e. The molecule has 0 fully saturated rings. The second kappa shape index (κ2) is 10.1. The molecule has 0 bridgehead atoms. The Bertz CT molecular complexity index is 1160. The van der Waals surface area contributed by atoms with Gasteiger partial charge in [0.15, 0.2) is 0 Å². The fourth-order valence-corrected chi connectivity index (χ4v) is 4.02. The minimum atomic E-state index is -0.894. The molecular weight excluding hydrogens is 434 g/mol. The van der Waals surface area contributed by atoms with E-state index in [0.29, 0.717) is 5.75 Å². The van der Waals surface area contributed by atoms with Crippen LogP contribution in [0.2, 0.25) is 0 Å². The highest BCUT2D eigenvalue weighted by atomic mass is 16.6. The van der Waals surface area contributed by atoms with Crippen LogP contribution in [0.25, 0.3) is 11.1 Å². The van der Waals surface area contributed by atoms with Crippen molar-refractivity contribution in [1.82, 2.24) is 10.6 Å². The zero-order valence-electron chi connectivity index (χ0n) is 18.6. The molecule has 3 aromatic rings. The van der Waals surface area contributed by atoms with E-state index in [4.69, 9.17) is 15.2 Å². The lowest BCUT2D eigenvalue weighted by Crippen LogP contribution is -2.45. The summed E-state index contributed by atoms with van der Waals surface area (Å²) in [4.78, 5) is 35.5. The second-order valence-electron chi connectivity index (χ2n) is 7.97. The number of nitrogens with two attached hydrogens (primary N) is 1. The van der Waals surface area contributed by atoms with E-state index in [-0.39, 0.29) is 25.0 Å². The Morgan fingerprint density at radius 3 is 2.09 bits per heavy atom. The Morgan fingerprint density at radius 1 is 0.912 bits per heavy atom. The van der Waals surface area contributed by atoms with E-state index < -0.39 is 18.2 Å². The van der Waals surface area contributed by atoms with Crippen molar-refractivity contribution in [2.24, 2.45) is 5.73 Å². The number of hydrogen-bond donors (Lipinski definition) is 3. The Labute approximate surface area is 197 Å². The molecule has 4 N–H and O–H groups in total. The van der Waals surface area contributed by atoms with Crippen molar-refractivity contribution in [2.75, 3.05) is 6.61 Å². The van der Waals surface area contributed by atoms with Gasteiger partial charge in [-0.25, -0.2) is 9.59 Å². The normalized spacial score (nSPS) is 12.7. The van der Waals surface area contributed by atoms with E-state index in [1.165, 1.54) is 0 Å². The molecule has 3 amide bonds. The van der Waals surface area contributed by atoms with E-state index >= 15 is 0 Å². The van der Waals surface area contributed by atoms with E-state index in [2.05, 4.69) is 22.8 Å². The van der Waals surface area contributed by atoms with Crippen LogP contribution < -0.4 is 21.1 Å². The number of primary amides is 1. The summed E-state index contributed by atoms with van der Waals surface area (Å²) in [6.45, 7) is 2.00. The maximum Gasteiger partial charge on any atom is 0.409 e. The Hall–Kier alpha value is -4.33. The molecule has 1 aliphatic carbocycles. The Balaban J connectivity index is 1.27. The van der Waals surface area contributed by atoms with Crippen LogP contribution in [0.1, 0.15) is 29.5 Å². The first-order valence-corrected chi connectivity index (χ1v) is 10.9. The average molecular weight is 460 g/mol. The highest BCUT2D eigenvalue weighted by Crippen LogP contribution is 2.44. The third-order valence-electron chi connectivity index (χ3n) is 5.68. The Morgan fingerprint density at radius 2 is 1.50 bits per heavy atom. The van der Waals surface area contributed by atoms with Crippen LogP contribution in [-0.2, 0) is 16.1 Å². The van der Waals surface area contributed by atoms with Crippen LogP contribution in [0.4, 0.5) is 9.59 Å². The van der Waals surface area contributed by atoms with Crippen molar-refractivity contribution in [1.29, 1.82) is 0 Å². The summed E-state index contributed by atoms with van der Waals surface area (Å²) < 4.78 is 10.3. The molecule has 3 aromatic carbocycles. The summed E-state index contributed by atoms with van der Waals surface area (Å²) in [5.74, 6) is -0.0948. The topological polar surface area (TPSA) is 120 Å². The molecule has 0 aromatic heterocycles. The van der Waals surface area contributed by atoms with Gasteiger partial charge in [-0.05, 0) is 46.9 Å². The van der Waals surface area contributed by atoms with Crippen molar-refractivity contribution in [3.8, 4) is 16.9 Å². The van der Waals surface area contributed by atoms with Crippen LogP contribution in [0, 0.1) is 0 Å². The number of ether oxygens (including phenoxy) is 2. The fraction of sp³-hybridized carbons (Fsp3) is 0.192. The van der Waals surface area contributed by atoms with Gasteiger partial charge < -0.3 is 25.8 Å². The maximum absolute atomic E-state index is 12.4. The van der Waals surface area contributed by atoms with Crippen LogP contribution in [0.5, 0.6) is 5.75 Å². The van der Waals surface area contributed by atoms with E-state index in [1.807, 2.05) is 36.4 Å². The molecule has 8 heteroatoms. The van der Waals surface area contributed by atoms with Gasteiger partial charge in [-0.3, -0.25) is 4.79 Å². The SMILES string of the molecule is CC(NC(=O)OCC1c2ccccc2-c2ccccc21)C(=O)NCc1ccc(OC(N)=O)cc1. The quantitative estimate of drug-likeness (QED) is 0.498. The lowest BCUT2D eigenvalue weighted by Gasteiger charge is -2.17. The van der Waals surface area contributed by atoms with Gasteiger partial charge in [0, 0.05) is 12.5 Å². The van der Waals surface area contributed by atoms with E-state index in [1.54, 1.807) is 31.2 Å². The number of rotatable bonds is 7. The van der Waals surface area contributed by atoms with Crippen molar-refractivity contribution in [3.05, 3.63) is 89.5 Å². The van der Waals surface area contributed by atoms with Gasteiger partial charge in [0.1, 0.15) is 18.4 Å². The van der Waals surface area contributed by atoms with Gasteiger partial charge in [-0.1, -0.05) is 60.7 Å². The molecule has 1 atom stereocenters. The highest BCUT2D eigenvalue weighted by Gasteiger charge is 2.29. The third kappa shape index (κ3) is 5.17. The fourth-order valence-electron chi connectivity index (χ4n) is 4.02. The third-order valence-corrected chi connectivity index (χ3v) is 5.68. The standard InChI is InChI=1S/C26H25N3O5/c1-16(24(30)28-14-17-10-12-18(13-11-17)34-25(27)31)29-26(32)33-15-23-21-8-4-2-6-19(21)20-7-3-5-9-22(20)23/h2-13,16,23H,14-15H2,1H3,(H2,27,31)(H,28,30)(H,29,32). The number of fused-ring (bicyclic) bond motifs is 3. The summed E-state index contributed by atoms with van der Waals surface area (Å²) in [5, 5.41) is 5.32. The molecule has 174 valence electrons. The summed E-state index contributed by atoms with van der Waals surface area (Å²) in [5.41, 5.74) is 10.3. The molecule has 4 rings (SSSR count). The number of nitrogens with one attached hydrogen (secondary N) is 2. The zero-order valence-corrected chi connectivity index (χ0v) is 18.6. The summed E-state index contributed by atoms with van der Waals surface area (Å²) >= 11 is 0. The minimum absolute atomic E-state index is 0.0520. The van der Waals surface area contributed by atoms with Gasteiger partial charge in [0.05, 0.1) is 0 Å². The lowest BCUT2D eigenvalue weighted by atomic mass is 9.98. The van der Waals surface area contributed by atoms with Crippen molar-refractivity contribution in [2.45, 2.75) is 25.4 Å². The zero-order chi connectivity index (χ0) is 24.1. The predicted octanol–water partition coefficient (Wildman–Crippen LogP) is 3.69. The van der Waals surface area contributed by atoms with Crippen LogP contribution in [-0.4, -0.2) is 30.7 Å².